The van der Waals surface area contributed by atoms with Gasteiger partial charge in [-0.1, -0.05) is 12.1 Å². The predicted octanol–water partition coefficient (Wildman–Crippen LogP) is 5.09. The SMILES string of the molecule is Cc1ccc(-c2csc(-c3ccnc(N4CCCC4)c3)n2)cc1C. The highest BCUT2D eigenvalue weighted by atomic mass is 32.1. The predicted molar refractivity (Wildman–Crippen MR) is 102 cm³/mol. The molecular weight excluding hydrogens is 314 g/mol. The first-order chi connectivity index (χ1) is 11.7. The molecule has 0 spiro atoms. The third-order valence-electron chi connectivity index (χ3n) is 4.73. The Hall–Kier alpha value is -2.20. The van der Waals surface area contributed by atoms with E-state index in [-0.39, 0.29) is 0 Å². The minimum absolute atomic E-state index is 1.05. The molecule has 2 aromatic heterocycles. The van der Waals surface area contributed by atoms with E-state index in [1.54, 1.807) is 11.3 Å². The summed E-state index contributed by atoms with van der Waals surface area (Å²) in [5.41, 5.74) is 6.03. The largest absolute Gasteiger partial charge is 0.357 e. The maximum absolute atomic E-state index is 4.86. The zero-order valence-electron chi connectivity index (χ0n) is 14.1. The van der Waals surface area contributed by atoms with Crippen LogP contribution in [0.2, 0.25) is 0 Å². The molecule has 3 nitrogen and oxygen atoms in total. The van der Waals surface area contributed by atoms with Crippen LogP contribution in [-0.4, -0.2) is 23.1 Å². The Morgan fingerprint density at radius 2 is 1.79 bits per heavy atom. The van der Waals surface area contributed by atoms with E-state index in [0.717, 1.165) is 35.2 Å². The fraction of sp³-hybridized carbons (Fsp3) is 0.300. The monoisotopic (exact) mass is 335 g/mol. The molecule has 3 heterocycles. The number of benzene rings is 1. The number of aryl methyl sites for hydroxylation is 2. The Kier molecular flexibility index (Phi) is 4.07. The lowest BCUT2D eigenvalue weighted by molar-refractivity contribution is 0.938. The van der Waals surface area contributed by atoms with Crippen molar-refractivity contribution in [2.24, 2.45) is 0 Å². The van der Waals surface area contributed by atoms with Crippen LogP contribution in [0.4, 0.5) is 5.82 Å². The maximum Gasteiger partial charge on any atom is 0.129 e. The van der Waals surface area contributed by atoms with Crippen molar-refractivity contribution in [3.05, 3.63) is 53.0 Å². The summed E-state index contributed by atoms with van der Waals surface area (Å²) in [5.74, 6) is 1.08. The van der Waals surface area contributed by atoms with Crippen molar-refractivity contribution in [3.63, 3.8) is 0 Å². The van der Waals surface area contributed by atoms with Crippen LogP contribution in [0.1, 0.15) is 24.0 Å². The molecule has 122 valence electrons. The van der Waals surface area contributed by atoms with Gasteiger partial charge in [0.1, 0.15) is 10.8 Å². The first-order valence-corrected chi connectivity index (χ1v) is 9.33. The molecule has 4 rings (SSSR count). The van der Waals surface area contributed by atoms with Gasteiger partial charge in [0.15, 0.2) is 0 Å². The van der Waals surface area contributed by atoms with Crippen molar-refractivity contribution in [1.29, 1.82) is 0 Å². The molecule has 0 saturated carbocycles. The summed E-state index contributed by atoms with van der Waals surface area (Å²) in [4.78, 5) is 11.8. The Balaban J connectivity index is 1.64. The van der Waals surface area contributed by atoms with Crippen LogP contribution >= 0.6 is 11.3 Å². The van der Waals surface area contributed by atoms with E-state index in [4.69, 9.17) is 4.98 Å². The molecule has 0 radical (unpaired) electrons. The van der Waals surface area contributed by atoms with Crippen LogP contribution in [0, 0.1) is 13.8 Å². The highest BCUT2D eigenvalue weighted by Crippen LogP contribution is 2.31. The summed E-state index contributed by atoms with van der Waals surface area (Å²) in [6, 6.07) is 10.8. The minimum Gasteiger partial charge on any atom is -0.357 e. The molecule has 0 amide bonds. The molecule has 1 aliphatic heterocycles. The van der Waals surface area contributed by atoms with Crippen molar-refractivity contribution in [2.45, 2.75) is 26.7 Å². The Labute approximate surface area is 147 Å². The van der Waals surface area contributed by atoms with Gasteiger partial charge in [-0.2, -0.15) is 0 Å². The van der Waals surface area contributed by atoms with Gasteiger partial charge in [0.25, 0.3) is 0 Å². The Morgan fingerprint density at radius 3 is 2.58 bits per heavy atom. The van der Waals surface area contributed by atoms with E-state index < -0.39 is 0 Å². The highest BCUT2D eigenvalue weighted by Gasteiger charge is 2.15. The zero-order chi connectivity index (χ0) is 16.5. The average Bonchev–Trinajstić information content (AvgIpc) is 3.29. The second kappa shape index (κ2) is 6.36. The van der Waals surface area contributed by atoms with Crippen molar-refractivity contribution in [1.82, 2.24) is 9.97 Å². The summed E-state index contributed by atoms with van der Waals surface area (Å²) in [5, 5.41) is 3.21. The summed E-state index contributed by atoms with van der Waals surface area (Å²) < 4.78 is 0. The van der Waals surface area contributed by atoms with Gasteiger partial charge in [-0.3, -0.25) is 0 Å². The molecular formula is C20H21N3S. The topological polar surface area (TPSA) is 29.0 Å². The fourth-order valence-corrected chi connectivity index (χ4v) is 3.94. The molecule has 0 N–H and O–H groups in total. The summed E-state index contributed by atoms with van der Waals surface area (Å²) in [7, 11) is 0. The van der Waals surface area contributed by atoms with E-state index in [1.165, 1.54) is 29.5 Å². The van der Waals surface area contributed by atoms with E-state index in [1.807, 2.05) is 6.20 Å². The molecule has 1 aliphatic rings. The smallest absolute Gasteiger partial charge is 0.129 e. The van der Waals surface area contributed by atoms with Crippen molar-refractivity contribution >= 4 is 17.2 Å². The first kappa shape index (κ1) is 15.3. The number of aromatic nitrogens is 2. The highest BCUT2D eigenvalue weighted by molar-refractivity contribution is 7.13. The standard InChI is InChI=1S/C20H21N3S/c1-14-5-6-16(11-15(14)2)18-13-24-20(22-18)17-7-8-21-19(12-17)23-9-3-4-10-23/h5-8,11-13H,3-4,9-10H2,1-2H3. The molecule has 1 fully saturated rings. The molecule has 4 heteroatoms. The van der Waals surface area contributed by atoms with E-state index in [2.05, 4.69) is 59.4 Å². The van der Waals surface area contributed by atoms with Gasteiger partial charge < -0.3 is 4.90 Å². The van der Waals surface area contributed by atoms with Crippen LogP contribution in [0.15, 0.2) is 41.9 Å². The maximum atomic E-state index is 4.86. The Bertz CT molecular complexity index is 863. The molecule has 24 heavy (non-hydrogen) atoms. The normalized spacial score (nSPS) is 14.3. The first-order valence-electron chi connectivity index (χ1n) is 8.45. The molecule has 1 saturated heterocycles. The van der Waals surface area contributed by atoms with Crippen LogP contribution in [0.3, 0.4) is 0 Å². The molecule has 1 aromatic carbocycles. The van der Waals surface area contributed by atoms with E-state index >= 15 is 0 Å². The molecule has 0 aliphatic carbocycles. The van der Waals surface area contributed by atoms with Crippen LogP contribution in [0.5, 0.6) is 0 Å². The molecule has 0 unspecified atom stereocenters. The number of thiazole rings is 1. The van der Waals surface area contributed by atoms with Gasteiger partial charge in [-0.05, 0) is 56.0 Å². The third-order valence-corrected chi connectivity index (χ3v) is 5.62. The van der Waals surface area contributed by atoms with Gasteiger partial charge in [-0.25, -0.2) is 9.97 Å². The lowest BCUT2D eigenvalue weighted by Crippen LogP contribution is -2.18. The number of rotatable bonds is 3. The number of hydrogen-bond donors (Lipinski definition) is 0. The van der Waals surface area contributed by atoms with Gasteiger partial charge in [0, 0.05) is 35.8 Å². The van der Waals surface area contributed by atoms with Crippen molar-refractivity contribution < 1.29 is 0 Å². The van der Waals surface area contributed by atoms with Crippen LogP contribution < -0.4 is 4.90 Å². The van der Waals surface area contributed by atoms with Gasteiger partial charge >= 0.3 is 0 Å². The molecule has 0 atom stereocenters. The quantitative estimate of drug-likeness (QED) is 0.667. The van der Waals surface area contributed by atoms with Crippen molar-refractivity contribution in [3.8, 4) is 21.8 Å². The zero-order valence-corrected chi connectivity index (χ0v) is 14.9. The second-order valence-electron chi connectivity index (χ2n) is 6.43. The average molecular weight is 335 g/mol. The Morgan fingerprint density at radius 1 is 0.958 bits per heavy atom. The number of pyridine rings is 1. The molecule has 0 bridgehead atoms. The summed E-state index contributed by atoms with van der Waals surface area (Å²) in [6.07, 6.45) is 4.43. The number of hydrogen-bond acceptors (Lipinski definition) is 4. The van der Waals surface area contributed by atoms with E-state index in [0.29, 0.717) is 0 Å². The van der Waals surface area contributed by atoms with Crippen molar-refractivity contribution in [2.75, 3.05) is 18.0 Å². The fourth-order valence-electron chi connectivity index (χ4n) is 3.11. The number of nitrogens with zero attached hydrogens (tertiary/aromatic N) is 3. The number of anilines is 1. The van der Waals surface area contributed by atoms with Gasteiger partial charge in [0.2, 0.25) is 0 Å². The third kappa shape index (κ3) is 2.94. The van der Waals surface area contributed by atoms with Crippen LogP contribution in [0.25, 0.3) is 21.8 Å². The van der Waals surface area contributed by atoms with Gasteiger partial charge in [-0.15, -0.1) is 11.3 Å². The summed E-state index contributed by atoms with van der Waals surface area (Å²) >= 11 is 1.70. The lowest BCUT2D eigenvalue weighted by atomic mass is 10.1. The second-order valence-corrected chi connectivity index (χ2v) is 7.29. The van der Waals surface area contributed by atoms with Crippen LogP contribution in [-0.2, 0) is 0 Å². The minimum atomic E-state index is 1.05. The summed E-state index contributed by atoms with van der Waals surface area (Å²) in [6.45, 7) is 6.52. The van der Waals surface area contributed by atoms with Gasteiger partial charge in [0.05, 0.1) is 5.69 Å². The van der Waals surface area contributed by atoms with E-state index in [9.17, 15) is 0 Å². The molecule has 3 aromatic rings. The lowest BCUT2D eigenvalue weighted by Gasteiger charge is -2.16.